The van der Waals surface area contributed by atoms with Crippen LogP contribution in [-0.2, 0) is 19.4 Å². The topological polar surface area (TPSA) is 52.8 Å². The number of hydrogen-bond donors (Lipinski definition) is 2. The number of nitrogens with one attached hydrogen (secondary N) is 2. The average Bonchev–Trinajstić information content (AvgIpc) is 3.17. The van der Waals surface area contributed by atoms with Gasteiger partial charge in [0.2, 0.25) is 0 Å². The van der Waals surface area contributed by atoms with E-state index in [0.29, 0.717) is 6.04 Å². The molecule has 0 saturated heterocycles. The van der Waals surface area contributed by atoms with Crippen LogP contribution in [0.1, 0.15) is 23.8 Å². The number of benzene rings is 1. The van der Waals surface area contributed by atoms with E-state index in [0.717, 1.165) is 50.7 Å². The summed E-state index contributed by atoms with van der Waals surface area (Å²) < 4.78 is 5.35. The summed E-state index contributed by atoms with van der Waals surface area (Å²) in [7, 11) is 1.81. The Hall–Kier alpha value is -1.54. The van der Waals surface area contributed by atoms with E-state index < -0.39 is 0 Å². The summed E-state index contributed by atoms with van der Waals surface area (Å²) >= 11 is 0. The summed E-state index contributed by atoms with van der Waals surface area (Å²) in [6.45, 7) is 6.10. The smallest absolute Gasteiger partial charge is 0.191 e. The SMILES string of the molecule is CN=C(NCCc1ccco1)NCC(C)N1CCc2ccccc2C1.I. The number of aliphatic imine (C=N–C) groups is 1. The van der Waals surface area contributed by atoms with Gasteiger partial charge in [-0.3, -0.25) is 9.89 Å². The van der Waals surface area contributed by atoms with Crippen molar-refractivity contribution in [2.75, 3.05) is 26.7 Å². The number of halogens is 1. The van der Waals surface area contributed by atoms with Gasteiger partial charge >= 0.3 is 0 Å². The number of hydrogen-bond acceptors (Lipinski definition) is 3. The standard InChI is InChI=1S/C20H28N4O.HI/c1-16(24-12-10-17-6-3-4-7-18(17)15-24)14-23-20(21-2)22-11-9-19-8-5-13-25-19;/h3-8,13,16H,9-12,14-15H2,1-2H3,(H2,21,22,23);1H. The van der Waals surface area contributed by atoms with Gasteiger partial charge in [-0.2, -0.15) is 0 Å². The fourth-order valence-electron chi connectivity index (χ4n) is 3.25. The molecule has 0 saturated carbocycles. The quantitative estimate of drug-likeness (QED) is 0.389. The summed E-state index contributed by atoms with van der Waals surface area (Å²) in [5, 5.41) is 6.78. The van der Waals surface area contributed by atoms with E-state index in [2.05, 4.69) is 51.7 Å². The first-order valence-corrected chi connectivity index (χ1v) is 9.04. The van der Waals surface area contributed by atoms with Crippen LogP contribution < -0.4 is 10.6 Å². The Morgan fingerprint density at radius 3 is 2.73 bits per heavy atom. The molecule has 5 nitrogen and oxygen atoms in total. The van der Waals surface area contributed by atoms with E-state index in [4.69, 9.17) is 4.42 Å². The zero-order chi connectivity index (χ0) is 17.5. The molecule has 2 heterocycles. The van der Waals surface area contributed by atoms with Crippen LogP contribution in [0.5, 0.6) is 0 Å². The minimum absolute atomic E-state index is 0. The lowest BCUT2D eigenvalue weighted by Gasteiger charge is -2.34. The number of furan rings is 1. The third kappa shape index (κ3) is 5.74. The number of fused-ring (bicyclic) bond motifs is 1. The van der Waals surface area contributed by atoms with Crippen molar-refractivity contribution >= 4 is 29.9 Å². The highest BCUT2D eigenvalue weighted by Gasteiger charge is 2.20. The summed E-state index contributed by atoms with van der Waals surface area (Å²) in [6.07, 6.45) is 3.70. The van der Waals surface area contributed by atoms with Crippen LogP contribution in [0.4, 0.5) is 0 Å². The highest BCUT2D eigenvalue weighted by atomic mass is 127. The van der Waals surface area contributed by atoms with Gasteiger partial charge in [-0.1, -0.05) is 24.3 Å². The molecule has 0 radical (unpaired) electrons. The summed E-state index contributed by atoms with van der Waals surface area (Å²) in [4.78, 5) is 6.84. The second kappa shape index (κ2) is 10.6. The van der Waals surface area contributed by atoms with Crippen LogP contribution in [0.15, 0.2) is 52.1 Å². The Labute approximate surface area is 173 Å². The monoisotopic (exact) mass is 468 g/mol. The maximum atomic E-state index is 5.35. The van der Waals surface area contributed by atoms with Crippen LogP contribution in [0.25, 0.3) is 0 Å². The molecule has 2 aromatic rings. The lowest BCUT2D eigenvalue weighted by molar-refractivity contribution is 0.191. The predicted molar refractivity (Wildman–Crippen MR) is 117 cm³/mol. The van der Waals surface area contributed by atoms with Gasteiger partial charge in [-0.15, -0.1) is 24.0 Å². The molecular weight excluding hydrogens is 439 g/mol. The zero-order valence-electron chi connectivity index (χ0n) is 15.6. The normalized spacial score (nSPS) is 15.7. The second-order valence-electron chi connectivity index (χ2n) is 6.55. The highest BCUT2D eigenvalue weighted by Crippen LogP contribution is 2.19. The summed E-state index contributed by atoms with van der Waals surface area (Å²) in [6, 6.07) is 13.1. The van der Waals surface area contributed by atoms with Crippen molar-refractivity contribution < 1.29 is 4.42 Å². The molecule has 0 amide bonds. The molecule has 2 N–H and O–H groups in total. The van der Waals surface area contributed by atoms with E-state index in [1.54, 1.807) is 6.26 Å². The minimum atomic E-state index is 0. The van der Waals surface area contributed by atoms with Gasteiger partial charge in [0.25, 0.3) is 0 Å². The van der Waals surface area contributed by atoms with Crippen molar-refractivity contribution in [2.24, 2.45) is 4.99 Å². The van der Waals surface area contributed by atoms with Crippen molar-refractivity contribution in [3.63, 3.8) is 0 Å². The van der Waals surface area contributed by atoms with Gasteiger partial charge in [-0.25, -0.2) is 0 Å². The van der Waals surface area contributed by atoms with Gasteiger partial charge in [0.1, 0.15) is 5.76 Å². The largest absolute Gasteiger partial charge is 0.469 e. The lowest BCUT2D eigenvalue weighted by atomic mass is 9.99. The van der Waals surface area contributed by atoms with Crippen LogP contribution in [0.2, 0.25) is 0 Å². The average molecular weight is 468 g/mol. The first-order valence-electron chi connectivity index (χ1n) is 9.04. The Balaban J connectivity index is 0.00000243. The number of nitrogens with zero attached hydrogens (tertiary/aromatic N) is 2. The zero-order valence-corrected chi connectivity index (χ0v) is 17.9. The molecule has 1 aliphatic heterocycles. The van der Waals surface area contributed by atoms with E-state index in [1.165, 1.54) is 11.1 Å². The summed E-state index contributed by atoms with van der Waals surface area (Å²) in [5.41, 5.74) is 2.95. The van der Waals surface area contributed by atoms with Crippen LogP contribution in [-0.4, -0.2) is 43.6 Å². The molecule has 6 heteroatoms. The maximum absolute atomic E-state index is 5.35. The highest BCUT2D eigenvalue weighted by molar-refractivity contribution is 14.0. The van der Waals surface area contributed by atoms with Gasteiger partial charge in [0, 0.05) is 45.7 Å². The lowest BCUT2D eigenvalue weighted by Crippen LogP contribution is -2.47. The molecule has 0 fully saturated rings. The van der Waals surface area contributed by atoms with Crippen LogP contribution >= 0.6 is 24.0 Å². The van der Waals surface area contributed by atoms with E-state index in [9.17, 15) is 0 Å². The fraction of sp³-hybridized carbons (Fsp3) is 0.450. The Kier molecular flexibility index (Phi) is 8.44. The molecule has 1 aromatic heterocycles. The molecule has 26 heavy (non-hydrogen) atoms. The minimum Gasteiger partial charge on any atom is -0.469 e. The predicted octanol–water partition coefficient (Wildman–Crippen LogP) is 3.05. The Morgan fingerprint density at radius 1 is 1.19 bits per heavy atom. The van der Waals surface area contributed by atoms with Gasteiger partial charge < -0.3 is 15.1 Å². The molecular formula is C20H29IN4O. The first-order chi connectivity index (χ1) is 12.3. The van der Waals surface area contributed by atoms with Crippen molar-refractivity contribution in [3.8, 4) is 0 Å². The van der Waals surface area contributed by atoms with Crippen LogP contribution in [0, 0.1) is 0 Å². The van der Waals surface area contributed by atoms with E-state index in [-0.39, 0.29) is 24.0 Å². The molecule has 1 atom stereocenters. The first kappa shape index (κ1) is 20.8. The van der Waals surface area contributed by atoms with E-state index >= 15 is 0 Å². The third-order valence-electron chi connectivity index (χ3n) is 4.82. The van der Waals surface area contributed by atoms with Crippen molar-refractivity contribution in [3.05, 3.63) is 59.5 Å². The molecule has 0 bridgehead atoms. The van der Waals surface area contributed by atoms with E-state index in [1.807, 2.05) is 19.2 Å². The molecule has 1 aromatic carbocycles. The molecule has 142 valence electrons. The molecule has 0 aliphatic carbocycles. The van der Waals surface area contributed by atoms with Crippen molar-refractivity contribution in [1.29, 1.82) is 0 Å². The molecule has 1 unspecified atom stereocenters. The maximum Gasteiger partial charge on any atom is 0.191 e. The number of rotatable bonds is 6. The molecule has 0 spiro atoms. The Morgan fingerprint density at radius 2 is 2.00 bits per heavy atom. The van der Waals surface area contributed by atoms with Gasteiger partial charge in [0.15, 0.2) is 5.96 Å². The Bertz CT molecular complexity index is 687. The third-order valence-corrected chi connectivity index (χ3v) is 4.82. The second-order valence-corrected chi connectivity index (χ2v) is 6.55. The van der Waals surface area contributed by atoms with Crippen LogP contribution in [0.3, 0.4) is 0 Å². The molecule has 1 aliphatic rings. The van der Waals surface area contributed by atoms with Crippen molar-refractivity contribution in [2.45, 2.75) is 32.4 Å². The number of guanidine groups is 1. The summed E-state index contributed by atoms with van der Waals surface area (Å²) in [5.74, 6) is 1.83. The van der Waals surface area contributed by atoms with Crippen molar-refractivity contribution in [1.82, 2.24) is 15.5 Å². The van der Waals surface area contributed by atoms with Gasteiger partial charge in [0.05, 0.1) is 6.26 Å². The fourth-order valence-corrected chi connectivity index (χ4v) is 3.25. The molecule has 3 rings (SSSR count). The van der Waals surface area contributed by atoms with Gasteiger partial charge in [-0.05, 0) is 36.6 Å².